The number of carbonyl (C=O) groups is 2. The molecule has 0 amide bonds. The van der Waals surface area contributed by atoms with Gasteiger partial charge in [-0.15, -0.1) is 0 Å². The van der Waals surface area contributed by atoms with Crippen LogP contribution in [0.1, 0.15) is 58.9 Å². The van der Waals surface area contributed by atoms with Crippen LogP contribution >= 0.6 is 135 Å². The summed E-state index contributed by atoms with van der Waals surface area (Å²) in [6, 6.07) is 64.5. The maximum atomic E-state index is 11.0. The third-order valence-corrected chi connectivity index (χ3v) is 14.5. The van der Waals surface area contributed by atoms with Gasteiger partial charge in [0.15, 0.2) is 10.2 Å². The van der Waals surface area contributed by atoms with E-state index in [1.807, 2.05) is 133 Å². The molecular formula is C56H47Br7O3S2. The molecule has 0 bridgehead atoms. The van der Waals surface area contributed by atoms with Gasteiger partial charge in [0.1, 0.15) is 6.10 Å². The number of aliphatic hydroxyl groups is 1. The molecule has 12 heteroatoms. The van der Waals surface area contributed by atoms with Crippen molar-refractivity contribution in [1.29, 1.82) is 0 Å². The molecule has 0 aliphatic heterocycles. The molecule has 3 nitrogen and oxygen atoms in total. The van der Waals surface area contributed by atoms with Gasteiger partial charge in [-0.1, -0.05) is 226 Å². The minimum absolute atomic E-state index is 0.0984. The van der Waals surface area contributed by atoms with Gasteiger partial charge in [-0.2, -0.15) is 0 Å². The SMILES string of the molecule is Brc1ccc(Br)cc1.Brc1ccc(Cc2ccc(Br)cc2)cc1.CC(=O)Sc1ccc(Cc2ccc(SC(C)=O)cc2)cc1.Cc1ccc(Br)cc1.OC(c1ccc(Br)cc1)c1ccc(Br)cc1. The van der Waals surface area contributed by atoms with E-state index in [-0.39, 0.29) is 10.2 Å². The van der Waals surface area contributed by atoms with Crippen LogP contribution in [0.5, 0.6) is 0 Å². The zero-order chi connectivity index (χ0) is 49.4. The van der Waals surface area contributed by atoms with Crippen molar-refractivity contribution in [3.05, 3.63) is 264 Å². The van der Waals surface area contributed by atoms with Crippen LogP contribution in [0.2, 0.25) is 0 Å². The summed E-state index contributed by atoms with van der Waals surface area (Å²) in [6.45, 7) is 5.21. The van der Waals surface area contributed by atoms with Gasteiger partial charge >= 0.3 is 0 Å². The fourth-order valence-electron chi connectivity index (χ4n) is 5.80. The van der Waals surface area contributed by atoms with Crippen LogP contribution in [-0.4, -0.2) is 15.3 Å². The summed E-state index contributed by atoms with van der Waals surface area (Å²) < 4.78 is 7.65. The summed E-state index contributed by atoms with van der Waals surface area (Å²) in [5, 5.41) is 10.3. The molecule has 0 saturated heterocycles. The van der Waals surface area contributed by atoms with E-state index in [1.54, 1.807) is 13.8 Å². The molecule has 0 unspecified atom stereocenters. The average Bonchev–Trinajstić information content (AvgIpc) is 3.32. The number of hydrogen-bond acceptors (Lipinski definition) is 5. The van der Waals surface area contributed by atoms with Crippen LogP contribution in [-0.2, 0) is 22.4 Å². The number of hydrogen-bond donors (Lipinski definition) is 1. The van der Waals surface area contributed by atoms with Crippen molar-refractivity contribution in [1.82, 2.24) is 0 Å². The normalized spacial score (nSPS) is 10.2. The van der Waals surface area contributed by atoms with Gasteiger partial charge in [0.05, 0.1) is 0 Å². The van der Waals surface area contributed by atoms with Gasteiger partial charge < -0.3 is 5.11 Å². The van der Waals surface area contributed by atoms with Crippen molar-refractivity contribution in [3.8, 4) is 0 Å². The van der Waals surface area contributed by atoms with E-state index < -0.39 is 6.10 Å². The third kappa shape index (κ3) is 23.8. The fraction of sp³-hybridized carbons (Fsp3) is 0.107. The van der Waals surface area contributed by atoms with Gasteiger partial charge in [0.25, 0.3) is 0 Å². The van der Waals surface area contributed by atoms with Crippen molar-refractivity contribution >= 4 is 145 Å². The number of halogens is 7. The first-order valence-electron chi connectivity index (χ1n) is 20.9. The molecule has 0 atom stereocenters. The third-order valence-electron chi connectivity index (χ3n) is 9.20. The molecule has 0 fully saturated rings. The smallest absolute Gasteiger partial charge is 0.190 e. The summed E-state index contributed by atoms with van der Waals surface area (Å²) in [6.07, 6.45) is 1.26. The first-order chi connectivity index (χ1) is 32.5. The van der Waals surface area contributed by atoms with Crippen molar-refractivity contribution in [3.63, 3.8) is 0 Å². The van der Waals surface area contributed by atoms with Crippen LogP contribution in [0.4, 0.5) is 0 Å². The number of thioether (sulfide) groups is 2. The van der Waals surface area contributed by atoms with Crippen LogP contribution in [0.25, 0.3) is 0 Å². The second-order valence-corrected chi connectivity index (χ2v) is 23.7. The molecule has 1 N–H and O–H groups in total. The van der Waals surface area contributed by atoms with E-state index in [9.17, 15) is 14.7 Å². The molecule has 0 saturated carbocycles. The summed E-state index contributed by atoms with van der Waals surface area (Å²) in [4.78, 5) is 24.0. The van der Waals surface area contributed by atoms with Crippen molar-refractivity contribution in [2.75, 3.05) is 0 Å². The van der Waals surface area contributed by atoms with Crippen molar-refractivity contribution in [2.24, 2.45) is 0 Å². The van der Waals surface area contributed by atoms with E-state index in [0.29, 0.717) is 0 Å². The van der Waals surface area contributed by atoms with Crippen molar-refractivity contribution in [2.45, 2.75) is 49.5 Å². The zero-order valence-corrected chi connectivity index (χ0v) is 49.9. The van der Waals surface area contributed by atoms with Gasteiger partial charge in [0, 0.05) is 54.9 Å². The van der Waals surface area contributed by atoms with Crippen LogP contribution < -0.4 is 0 Å². The highest BCUT2D eigenvalue weighted by Crippen LogP contribution is 2.26. The Kier molecular flexibility index (Phi) is 26.7. The Morgan fingerprint density at radius 3 is 0.809 bits per heavy atom. The van der Waals surface area contributed by atoms with Crippen LogP contribution in [0.15, 0.2) is 235 Å². The Labute approximate surface area is 468 Å². The highest BCUT2D eigenvalue weighted by molar-refractivity contribution is 9.11. The predicted molar refractivity (Wildman–Crippen MR) is 313 cm³/mol. The van der Waals surface area contributed by atoms with Gasteiger partial charge in [-0.05, 0) is 162 Å². The number of aryl methyl sites for hydroxylation is 1. The largest absolute Gasteiger partial charge is 0.384 e. The Morgan fingerprint density at radius 1 is 0.368 bits per heavy atom. The molecule has 0 aromatic heterocycles. The summed E-state index contributed by atoms with van der Waals surface area (Å²) in [7, 11) is 0. The molecular weight excluding hydrogens is 1340 g/mol. The highest BCUT2D eigenvalue weighted by atomic mass is 79.9. The van der Waals surface area contributed by atoms with E-state index in [0.717, 1.165) is 65.1 Å². The van der Waals surface area contributed by atoms with Crippen molar-refractivity contribution < 1.29 is 14.7 Å². The summed E-state index contributed by atoms with van der Waals surface area (Å²) >= 11 is 26.1. The van der Waals surface area contributed by atoms with Gasteiger partial charge in [-0.25, -0.2) is 0 Å². The lowest BCUT2D eigenvalue weighted by atomic mass is 10.0. The Bertz CT molecular complexity index is 2490. The molecule has 0 aliphatic rings. The van der Waals surface area contributed by atoms with E-state index in [2.05, 4.69) is 179 Å². The molecule has 0 spiro atoms. The topological polar surface area (TPSA) is 54.4 Å². The predicted octanol–water partition coefficient (Wildman–Crippen LogP) is 19.6. The minimum Gasteiger partial charge on any atom is -0.384 e. The van der Waals surface area contributed by atoms with Crippen LogP contribution in [0, 0.1) is 6.92 Å². The molecule has 8 aromatic rings. The first kappa shape index (κ1) is 57.7. The highest BCUT2D eigenvalue weighted by Gasteiger charge is 2.10. The quantitative estimate of drug-likeness (QED) is 0.154. The number of carbonyl (C=O) groups excluding carboxylic acids is 2. The molecule has 8 aromatic carbocycles. The van der Waals surface area contributed by atoms with Gasteiger partial charge in [-0.3, -0.25) is 9.59 Å². The Balaban J connectivity index is 0.000000194. The van der Waals surface area contributed by atoms with E-state index >= 15 is 0 Å². The monoisotopic (exact) mass is 1380 g/mol. The Morgan fingerprint density at radius 2 is 0.574 bits per heavy atom. The summed E-state index contributed by atoms with van der Waals surface area (Å²) in [5.74, 6) is 0. The van der Waals surface area contributed by atoms with Crippen LogP contribution in [0.3, 0.4) is 0 Å². The fourth-order valence-corrected chi connectivity index (χ4v) is 8.86. The number of benzene rings is 8. The molecule has 350 valence electrons. The maximum Gasteiger partial charge on any atom is 0.190 e. The molecule has 68 heavy (non-hydrogen) atoms. The number of rotatable bonds is 8. The van der Waals surface area contributed by atoms with E-state index in [1.165, 1.54) is 51.3 Å². The second-order valence-electron chi connectivity index (χ2n) is 14.8. The molecule has 0 heterocycles. The molecule has 8 rings (SSSR count). The minimum atomic E-state index is -0.568. The standard InChI is InChI=1S/C17H16O2S2.C13H10Br2O.C13H10Br2.C7H7Br.C6H4Br2/c1-12(18)20-16-7-3-14(4-8-16)11-15-5-9-17(10-6-15)21-13(2)19;14-11-5-1-9(2-6-11)13(16)10-3-7-12(15)8-4-10;14-12-5-1-10(2-6-12)9-11-3-7-13(15)8-4-11;1-6-2-4-7(8)5-3-6;7-5-1-2-6(8)4-3-5/h3-10H,11H2,1-2H3;1-8,13,16H;1-8H,9H2;2-5H,1H3;1-4H. The molecule has 0 aliphatic carbocycles. The van der Waals surface area contributed by atoms with Gasteiger partial charge in [0.2, 0.25) is 0 Å². The number of aliphatic hydroxyl groups excluding tert-OH is 1. The first-order valence-corrected chi connectivity index (χ1v) is 28.1. The lowest BCUT2D eigenvalue weighted by molar-refractivity contribution is -0.109. The van der Waals surface area contributed by atoms with E-state index in [4.69, 9.17) is 0 Å². The summed E-state index contributed by atoms with van der Waals surface area (Å²) in [5.41, 5.74) is 8.16. The zero-order valence-electron chi connectivity index (χ0n) is 37.2. The lowest BCUT2D eigenvalue weighted by Gasteiger charge is -2.11. The lowest BCUT2D eigenvalue weighted by Crippen LogP contribution is -1.98. The molecule has 0 radical (unpaired) electrons. The average molecular weight is 1390 g/mol. The second kappa shape index (κ2) is 31.5. The Hall–Kier alpha value is -2.88. The maximum absolute atomic E-state index is 11.0.